The fourth-order valence-electron chi connectivity index (χ4n) is 3.43. The monoisotopic (exact) mass is 388 g/mol. The first-order valence-corrected chi connectivity index (χ1v) is 10.6. The molecule has 1 aliphatic rings. The van der Waals surface area contributed by atoms with E-state index in [0.29, 0.717) is 32.5 Å². The smallest absolute Gasteiger partial charge is 0.224 e. The van der Waals surface area contributed by atoms with Crippen molar-refractivity contribution in [3.8, 4) is 5.75 Å². The zero-order valence-electron chi connectivity index (χ0n) is 17.9. The maximum Gasteiger partial charge on any atom is 0.224 e. The van der Waals surface area contributed by atoms with Crippen molar-refractivity contribution in [3.63, 3.8) is 0 Å². The Kier molecular flexibility index (Phi) is 8.34. The van der Waals surface area contributed by atoms with Crippen molar-refractivity contribution in [2.75, 3.05) is 26.2 Å². The molecule has 1 aromatic carbocycles. The average Bonchev–Trinajstić information content (AvgIpc) is 2.69. The average molecular weight is 389 g/mol. The van der Waals surface area contributed by atoms with Gasteiger partial charge in [-0.2, -0.15) is 0 Å². The highest BCUT2D eigenvalue weighted by Crippen LogP contribution is 2.24. The Hall–Kier alpha value is -2.04. The highest BCUT2D eigenvalue weighted by atomic mass is 16.5. The second-order valence-electron chi connectivity index (χ2n) is 8.70. The Morgan fingerprint density at radius 3 is 2.57 bits per heavy atom. The summed E-state index contributed by atoms with van der Waals surface area (Å²) in [5.41, 5.74) is 1.41. The van der Waals surface area contributed by atoms with E-state index in [0.717, 1.165) is 31.6 Å². The Morgan fingerprint density at radius 1 is 1.21 bits per heavy atom. The number of amides is 2. The summed E-state index contributed by atoms with van der Waals surface area (Å²) in [6.45, 7) is 11.1. The van der Waals surface area contributed by atoms with Crippen molar-refractivity contribution in [1.82, 2.24) is 10.2 Å². The van der Waals surface area contributed by atoms with Crippen LogP contribution >= 0.6 is 0 Å². The molecule has 28 heavy (non-hydrogen) atoms. The molecule has 5 nitrogen and oxygen atoms in total. The summed E-state index contributed by atoms with van der Waals surface area (Å²) in [5, 5.41) is 2.95. The van der Waals surface area contributed by atoms with Crippen LogP contribution in [0.15, 0.2) is 24.3 Å². The van der Waals surface area contributed by atoms with Gasteiger partial charge < -0.3 is 15.0 Å². The van der Waals surface area contributed by atoms with Gasteiger partial charge in [-0.15, -0.1) is 0 Å². The van der Waals surface area contributed by atoms with E-state index in [2.05, 4.69) is 38.2 Å². The number of likely N-dealkylation sites (tertiary alicyclic amines) is 1. The largest absolute Gasteiger partial charge is 0.494 e. The zero-order valence-corrected chi connectivity index (χ0v) is 17.9. The predicted molar refractivity (Wildman–Crippen MR) is 112 cm³/mol. The number of benzene rings is 1. The number of carbonyl (C=O) groups is 2. The molecule has 2 amide bonds. The number of nitrogens with one attached hydrogen (secondary N) is 1. The van der Waals surface area contributed by atoms with Gasteiger partial charge in [0.1, 0.15) is 5.75 Å². The SMILES string of the molecule is CCCNC(=O)C1CCCN(C(=O)CCCOc2ccc(C(C)(C)C)cc2)C1. The maximum absolute atomic E-state index is 12.5. The van der Waals surface area contributed by atoms with Gasteiger partial charge in [-0.3, -0.25) is 9.59 Å². The van der Waals surface area contributed by atoms with Crippen LogP contribution < -0.4 is 10.1 Å². The number of nitrogens with zero attached hydrogens (tertiary/aromatic N) is 1. The van der Waals surface area contributed by atoms with E-state index in [1.807, 2.05) is 24.0 Å². The van der Waals surface area contributed by atoms with Gasteiger partial charge >= 0.3 is 0 Å². The van der Waals surface area contributed by atoms with Gasteiger partial charge in [-0.25, -0.2) is 0 Å². The minimum Gasteiger partial charge on any atom is -0.494 e. The molecule has 1 atom stereocenters. The lowest BCUT2D eigenvalue weighted by Crippen LogP contribution is -2.45. The Labute approximate surface area is 169 Å². The first-order valence-electron chi connectivity index (χ1n) is 10.6. The van der Waals surface area contributed by atoms with Crippen LogP contribution in [0.3, 0.4) is 0 Å². The number of piperidine rings is 1. The van der Waals surface area contributed by atoms with E-state index in [1.165, 1.54) is 5.56 Å². The number of carbonyl (C=O) groups excluding carboxylic acids is 2. The zero-order chi connectivity index (χ0) is 20.6. The third kappa shape index (κ3) is 6.84. The molecule has 0 aromatic heterocycles. The van der Waals surface area contributed by atoms with Crippen LogP contribution in [0.1, 0.15) is 65.4 Å². The van der Waals surface area contributed by atoms with Crippen LogP contribution in [0.4, 0.5) is 0 Å². The van der Waals surface area contributed by atoms with Crippen molar-refractivity contribution < 1.29 is 14.3 Å². The van der Waals surface area contributed by atoms with Crippen LogP contribution in [-0.4, -0.2) is 43.0 Å². The van der Waals surface area contributed by atoms with Crippen LogP contribution in [0.2, 0.25) is 0 Å². The second kappa shape index (κ2) is 10.5. The molecule has 1 heterocycles. The summed E-state index contributed by atoms with van der Waals surface area (Å²) >= 11 is 0. The van der Waals surface area contributed by atoms with Crippen LogP contribution in [0.25, 0.3) is 0 Å². The molecular weight excluding hydrogens is 352 g/mol. The third-order valence-corrected chi connectivity index (χ3v) is 5.22. The predicted octanol–water partition coefficient (Wildman–Crippen LogP) is 3.91. The summed E-state index contributed by atoms with van der Waals surface area (Å²) in [4.78, 5) is 26.5. The number of rotatable bonds is 8. The molecule has 156 valence electrons. The molecule has 1 unspecified atom stereocenters. The van der Waals surface area contributed by atoms with Crippen molar-refractivity contribution in [2.45, 2.75) is 65.2 Å². The van der Waals surface area contributed by atoms with Gasteiger partial charge in [-0.1, -0.05) is 39.8 Å². The van der Waals surface area contributed by atoms with Gasteiger partial charge in [0, 0.05) is 26.1 Å². The van der Waals surface area contributed by atoms with Gasteiger partial charge in [0.05, 0.1) is 12.5 Å². The fraction of sp³-hybridized carbons (Fsp3) is 0.652. The number of ether oxygens (including phenoxy) is 1. The Balaban J connectivity index is 1.71. The summed E-state index contributed by atoms with van der Waals surface area (Å²) in [6, 6.07) is 8.18. The lowest BCUT2D eigenvalue weighted by molar-refractivity contribution is -0.135. The van der Waals surface area contributed by atoms with E-state index in [1.54, 1.807) is 0 Å². The van der Waals surface area contributed by atoms with E-state index < -0.39 is 0 Å². The molecule has 2 rings (SSSR count). The topological polar surface area (TPSA) is 58.6 Å². The molecule has 0 aliphatic carbocycles. The quantitative estimate of drug-likeness (QED) is 0.687. The molecule has 0 bridgehead atoms. The number of hydrogen-bond donors (Lipinski definition) is 1. The van der Waals surface area contributed by atoms with Gasteiger partial charge in [0.15, 0.2) is 0 Å². The Morgan fingerprint density at radius 2 is 1.93 bits per heavy atom. The number of hydrogen-bond acceptors (Lipinski definition) is 3. The minimum atomic E-state index is -0.0677. The van der Waals surface area contributed by atoms with E-state index in [-0.39, 0.29) is 23.1 Å². The summed E-state index contributed by atoms with van der Waals surface area (Å²) < 4.78 is 5.78. The Bertz CT molecular complexity index is 634. The van der Waals surface area contributed by atoms with Crippen LogP contribution in [-0.2, 0) is 15.0 Å². The highest BCUT2D eigenvalue weighted by molar-refractivity contribution is 5.81. The maximum atomic E-state index is 12.5. The van der Waals surface area contributed by atoms with Gasteiger partial charge in [0.25, 0.3) is 0 Å². The molecule has 5 heteroatoms. The first-order chi connectivity index (χ1) is 13.3. The van der Waals surface area contributed by atoms with E-state index in [4.69, 9.17) is 4.74 Å². The molecule has 1 fully saturated rings. The molecule has 1 aliphatic heterocycles. The minimum absolute atomic E-state index is 0.0677. The van der Waals surface area contributed by atoms with Crippen molar-refractivity contribution in [2.24, 2.45) is 5.92 Å². The van der Waals surface area contributed by atoms with Crippen LogP contribution in [0, 0.1) is 5.92 Å². The molecule has 0 radical (unpaired) electrons. The molecule has 1 aromatic rings. The second-order valence-corrected chi connectivity index (χ2v) is 8.70. The standard InChI is InChI=1S/C23H36N2O3/c1-5-14-24-22(27)18-8-6-15-25(17-18)21(26)9-7-16-28-20-12-10-19(11-13-20)23(2,3)4/h10-13,18H,5-9,14-17H2,1-4H3,(H,24,27). The lowest BCUT2D eigenvalue weighted by atomic mass is 9.87. The summed E-state index contributed by atoms with van der Waals surface area (Å²) in [6.07, 6.45) is 3.84. The summed E-state index contributed by atoms with van der Waals surface area (Å²) in [7, 11) is 0. The van der Waals surface area contributed by atoms with Crippen molar-refractivity contribution >= 4 is 11.8 Å². The highest BCUT2D eigenvalue weighted by Gasteiger charge is 2.27. The normalized spacial score (nSPS) is 17.3. The molecular formula is C23H36N2O3. The molecule has 0 saturated carbocycles. The van der Waals surface area contributed by atoms with Gasteiger partial charge in [-0.05, 0) is 48.8 Å². The first kappa shape index (κ1) is 22.3. The molecule has 1 N–H and O–H groups in total. The molecule has 0 spiro atoms. The van der Waals surface area contributed by atoms with Crippen molar-refractivity contribution in [3.05, 3.63) is 29.8 Å². The van der Waals surface area contributed by atoms with Crippen LogP contribution in [0.5, 0.6) is 5.75 Å². The fourth-order valence-corrected chi connectivity index (χ4v) is 3.43. The molecule has 1 saturated heterocycles. The van der Waals surface area contributed by atoms with E-state index in [9.17, 15) is 9.59 Å². The van der Waals surface area contributed by atoms with Crippen molar-refractivity contribution in [1.29, 1.82) is 0 Å². The van der Waals surface area contributed by atoms with Gasteiger partial charge in [0.2, 0.25) is 11.8 Å². The third-order valence-electron chi connectivity index (χ3n) is 5.22. The van der Waals surface area contributed by atoms with E-state index >= 15 is 0 Å². The summed E-state index contributed by atoms with van der Waals surface area (Å²) in [5.74, 6) is 0.981. The lowest BCUT2D eigenvalue weighted by Gasteiger charge is -2.32.